The van der Waals surface area contributed by atoms with Crippen LogP contribution in [-0.2, 0) is 13.1 Å². The lowest BCUT2D eigenvalue weighted by Crippen LogP contribution is -2.35. The van der Waals surface area contributed by atoms with Gasteiger partial charge in [-0.05, 0) is 38.3 Å². The van der Waals surface area contributed by atoms with Gasteiger partial charge in [-0.25, -0.2) is 0 Å². The quantitative estimate of drug-likeness (QED) is 0.863. The van der Waals surface area contributed by atoms with E-state index >= 15 is 0 Å². The Balaban J connectivity index is 2.04. The molecule has 1 fully saturated rings. The van der Waals surface area contributed by atoms with Gasteiger partial charge in [0.15, 0.2) is 0 Å². The maximum atomic E-state index is 9.54. The summed E-state index contributed by atoms with van der Waals surface area (Å²) < 4.78 is 5.84. The topological polar surface area (TPSA) is 58.7 Å². The number of aliphatic hydroxyl groups is 1. The number of nitrogens with two attached hydrogens (primary N) is 1. The lowest BCUT2D eigenvalue weighted by Gasteiger charge is -2.29. The number of ether oxygens (including phenoxy) is 1. The molecule has 1 aliphatic rings. The molecule has 1 aliphatic heterocycles. The van der Waals surface area contributed by atoms with Crippen LogP contribution in [0, 0.1) is 0 Å². The molecule has 0 aromatic heterocycles. The molecule has 4 nitrogen and oxygen atoms in total. The summed E-state index contributed by atoms with van der Waals surface area (Å²) in [5, 5.41) is 9.54. The fourth-order valence-corrected chi connectivity index (χ4v) is 2.57. The predicted octanol–water partition coefficient (Wildman–Crippen LogP) is 1.89. The van der Waals surface area contributed by atoms with Crippen LogP contribution in [0.15, 0.2) is 18.2 Å². The van der Waals surface area contributed by atoms with Crippen LogP contribution in [0.3, 0.4) is 0 Å². The average Bonchev–Trinajstić information content (AvgIpc) is 2.41. The van der Waals surface area contributed by atoms with Gasteiger partial charge in [0, 0.05) is 31.7 Å². The molecule has 4 heteroatoms. The Morgan fingerprint density at radius 3 is 2.65 bits per heavy atom. The molecule has 3 N–H and O–H groups in total. The number of nitrogens with zero attached hydrogens (tertiary/aromatic N) is 1. The molecular formula is C16H26N2O2. The van der Waals surface area contributed by atoms with Gasteiger partial charge in [0.05, 0.1) is 12.2 Å². The van der Waals surface area contributed by atoms with E-state index in [1.54, 1.807) is 0 Å². The molecule has 0 aliphatic carbocycles. The SMILES string of the molecule is CC(C)Oc1cc(CN2CCC(O)CC2)ccc1CN. The van der Waals surface area contributed by atoms with Crippen LogP contribution in [0.5, 0.6) is 5.75 Å². The second kappa shape index (κ2) is 7.07. The summed E-state index contributed by atoms with van der Waals surface area (Å²) in [5.74, 6) is 0.900. The lowest BCUT2D eigenvalue weighted by atomic mass is 10.1. The summed E-state index contributed by atoms with van der Waals surface area (Å²) in [6.07, 6.45) is 1.78. The molecule has 0 amide bonds. The van der Waals surface area contributed by atoms with Crippen LogP contribution in [0.1, 0.15) is 37.8 Å². The number of hydrogen-bond donors (Lipinski definition) is 2. The molecule has 20 heavy (non-hydrogen) atoms. The molecule has 0 spiro atoms. The minimum atomic E-state index is -0.120. The number of piperidine rings is 1. The van der Waals surface area contributed by atoms with Crippen molar-refractivity contribution in [1.29, 1.82) is 0 Å². The fraction of sp³-hybridized carbons (Fsp3) is 0.625. The van der Waals surface area contributed by atoms with Crippen molar-refractivity contribution in [3.05, 3.63) is 29.3 Å². The van der Waals surface area contributed by atoms with Gasteiger partial charge in [0.25, 0.3) is 0 Å². The van der Waals surface area contributed by atoms with E-state index < -0.39 is 0 Å². The molecule has 2 rings (SSSR count). The smallest absolute Gasteiger partial charge is 0.124 e. The number of likely N-dealkylation sites (tertiary alicyclic amines) is 1. The monoisotopic (exact) mass is 278 g/mol. The van der Waals surface area contributed by atoms with Crippen LogP contribution in [-0.4, -0.2) is 35.3 Å². The van der Waals surface area contributed by atoms with Crippen molar-refractivity contribution in [2.24, 2.45) is 5.73 Å². The van der Waals surface area contributed by atoms with Crippen LogP contribution in [0.4, 0.5) is 0 Å². The number of aliphatic hydroxyl groups excluding tert-OH is 1. The zero-order valence-electron chi connectivity index (χ0n) is 12.5. The molecule has 1 aromatic rings. The van der Waals surface area contributed by atoms with Gasteiger partial charge in [0.2, 0.25) is 0 Å². The van der Waals surface area contributed by atoms with E-state index in [2.05, 4.69) is 23.1 Å². The van der Waals surface area contributed by atoms with Crippen molar-refractivity contribution in [3.8, 4) is 5.75 Å². The number of hydrogen-bond acceptors (Lipinski definition) is 4. The van der Waals surface area contributed by atoms with Gasteiger partial charge in [-0.1, -0.05) is 12.1 Å². The Hall–Kier alpha value is -1.10. The molecule has 0 atom stereocenters. The van der Waals surface area contributed by atoms with Crippen molar-refractivity contribution < 1.29 is 9.84 Å². The maximum Gasteiger partial charge on any atom is 0.124 e. The lowest BCUT2D eigenvalue weighted by molar-refractivity contribution is 0.0792. The zero-order chi connectivity index (χ0) is 14.5. The molecule has 0 unspecified atom stereocenters. The molecule has 112 valence electrons. The van der Waals surface area contributed by atoms with E-state index in [1.807, 2.05) is 13.8 Å². The summed E-state index contributed by atoms with van der Waals surface area (Å²) in [6.45, 7) is 7.38. The molecule has 0 radical (unpaired) electrons. The highest BCUT2D eigenvalue weighted by atomic mass is 16.5. The fourth-order valence-electron chi connectivity index (χ4n) is 2.57. The van der Waals surface area contributed by atoms with E-state index in [9.17, 15) is 5.11 Å². The van der Waals surface area contributed by atoms with Crippen molar-refractivity contribution in [3.63, 3.8) is 0 Å². The predicted molar refractivity (Wildman–Crippen MR) is 80.6 cm³/mol. The third-order valence-electron chi connectivity index (χ3n) is 3.68. The Kier molecular flexibility index (Phi) is 5.40. The zero-order valence-corrected chi connectivity index (χ0v) is 12.5. The number of rotatable bonds is 5. The summed E-state index contributed by atoms with van der Waals surface area (Å²) in [4.78, 5) is 2.38. The average molecular weight is 278 g/mol. The highest BCUT2D eigenvalue weighted by Gasteiger charge is 2.17. The molecule has 1 heterocycles. The summed E-state index contributed by atoms with van der Waals surface area (Å²) in [6, 6.07) is 6.29. The van der Waals surface area contributed by atoms with Gasteiger partial charge in [0.1, 0.15) is 5.75 Å². The van der Waals surface area contributed by atoms with Crippen molar-refractivity contribution in [2.45, 2.75) is 52.0 Å². The third kappa shape index (κ3) is 4.20. The van der Waals surface area contributed by atoms with Crippen LogP contribution in [0.25, 0.3) is 0 Å². The summed E-state index contributed by atoms with van der Waals surface area (Å²) in [7, 11) is 0. The second-order valence-corrected chi connectivity index (χ2v) is 5.82. The standard InChI is InChI=1S/C16H26N2O2/c1-12(2)20-16-9-13(3-4-14(16)10-17)11-18-7-5-15(19)6-8-18/h3-4,9,12,15,19H,5-8,10-11,17H2,1-2H3. The van der Waals surface area contributed by atoms with E-state index in [0.717, 1.165) is 43.8 Å². The normalized spacial score (nSPS) is 17.6. The highest BCUT2D eigenvalue weighted by molar-refractivity contribution is 5.37. The largest absolute Gasteiger partial charge is 0.491 e. The molecular weight excluding hydrogens is 252 g/mol. The van der Waals surface area contributed by atoms with E-state index in [-0.39, 0.29) is 12.2 Å². The molecule has 0 saturated carbocycles. The van der Waals surface area contributed by atoms with Gasteiger partial charge in [-0.3, -0.25) is 4.90 Å². The highest BCUT2D eigenvalue weighted by Crippen LogP contribution is 2.23. The van der Waals surface area contributed by atoms with E-state index in [0.29, 0.717) is 6.54 Å². The van der Waals surface area contributed by atoms with Gasteiger partial charge in [-0.15, -0.1) is 0 Å². The first-order valence-corrected chi connectivity index (χ1v) is 7.47. The first kappa shape index (κ1) is 15.3. The van der Waals surface area contributed by atoms with Crippen molar-refractivity contribution >= 4 is 0 Å². The Labute approximate surface area is 121 Å². The minimum Gasteiger partial charge on any atom is -0.491 e. The molecule has 1 aromatic carbocycles. The van der Waals surface area contributed by atoms with Gasteiger partial charge < -0.3 is 15.6 Å². The van der Waals surface area contributed by atoms with Crippen LogP contribution < -0.4 is 10.5 Å². The Bertz CT molecular complexity index is 426. The Morgan fingerprint density at radius 1 is 1.35 bits per heavy atom. The molecule has 0 bridgehead atoms. The van der Waals surface area contributed by atoms with Gasteiger partial charge >= 0.3 is 0 Å². The Morgan fingerprint density at radius 2 is 2.05 bits per heavy atom. The first-order chi connectivity index (χ1) is 9.58. The summed E-state index contributed by atoms with van der Waals surface area (Å²) >= 11 is 0. The minimum absolute atomic E-state index is 0.120. The summed E-state index contributed by atoms with van der Waals surface area (Å²) in [5.41, 5.74) is 8.05. The van der Waals surface area contributed by atoms with Crippen molar-refractivity contribution in [1.82, 2.24) is 4.90 Å². The van der Waals surface area contributed by atoms with Gasteiger partial charge in [-0.2, -0.15) is 0 Å². The van der Waals surface area contributed by atoms with E-state index in [1.165, 1.54) is 5.56 Å². The first-order valence-electron chi connectivity index (χ1n) is 7.47. The second-order valence-electron chi connectivity index (χ2n) is 5.82. The molecule has 1 saturated heterocycles. The van der Waals surface area contributed by atoms with Crippen LogP contribution >= 0.6 is 0 Å². The third-order valence-corrected chi connectivity index (χ3v) is 3.68. The van der Waals surface area contributed by atoms with Crippen LogP contribution in [0.2, 0.25) is 0 Å². The number of benzene rings is 1. The maximum absolute atomic E-state index is 9.54. The van der Waals surface area contributed by atoms with Crippen molar-refractivity contribution in [2.75, 3.05) is 13.1 Å². The van der Waals surface area contributed by atoms with E-state index in [4.69, 9.17) is 10.5 Å².